The number of piperidine rings is 1. The molecule has 0 unspecified atom stereocenters. The quantitative estimate of drug-likeness (QED) is 0.744. The number of aromatic nitrogens is 3. The number of fused-ring (bicyclic) bond motifs is 1. The summed E-state index contributed by atoms with van der Waals surface area (Å²) in [7, 11) is 2.12. The number of hydrogen-bond acceptors (Lipinski definition) is 5. The average molecular weight is 366 g/mol. The smallest absolute Gasteiger partial charge is 0.179 e. The van der Waals surface area contributed by atoms with Crippen molar-refractivity contribution in [1.29, 1.82) is 0 Å². The summed E-state index contributed by atoms with van der Waals surface area (Å²) in [4.78, 5) is 16.2. The summed E-state index contributed by atoms with van der Waals surface area (Å²) < 4.78 is 14.3. The number of likely N-dealkylation sites (N-methyl/N-ethyl adjacent to an activating group) is 1. The van der Waals surface area contributed by atoms with Crippen LogP contribution in [-0.4, -0.2) is 45.1 Å². The van der Waals surface area contributed by atoms with E-state index in [1.807, 2.05) is 12.3 Å². The lowest BCUT2D eigenvalue weighted by Gasteiger charge is -2.29. The summed E-state index contributed by atoms with van der Waals surface area (Å²) in [6, 6.07) is 5.00. The minimum Gasteiger partial charge on any atom is -0.507 e. The van der Waals surface area contributed by atoms with Crippen molar-refractivity contribution in [1.82, 2.24) is 19.9 Å². The van der Waals surface area contributed by atoms with Crippen molar-refractivity contribution in [3.05, 3.63) is 47.0 Å². The Balaban J connectivity index is 1.79. The minimum atomic E-state index is -0.324. The van der Waals surface area contributed by atoms with Crippen LogP contribution in [0.2, 0.25) is 0 Å². The van der Waals surface area contributed by atoms with E-state index in [4.69, 9.17) is 4.98 Å². The molecule has 1 atom stereocenters. The molecule has 4 rings (SSSR count). The molecule has 1 fully saturated rings. The van der Waals surface area contributed by atoms with Crippen molar-refractivity contribution < 1.29 is 9.50 Å². The van der Waals surface area contributed by atoms with Crippen molar-refractivity contribution in [3.8, 4) is 17.0 Å². The van der Waals surface area contributed by atoms with Crippen LogP contribution in [0.1, 0.15) is 35.6 Å². The molecule has 0 aliphatic carbocycles. The van der Waals surface area contributed by atoms with Crippen molar-refractivity contribution in [3.63, 3.8) is 0 Å². The number of nitrogens with zero attached hydrogens (tertiary/aromatic N) is 4. The maximum absolute atomic E-state index is 14.3. The zero-order valence-corrected chi connectivity index (χ0v) is 15.8. The van der Waals surface area contributed by atoms with E-state index in [1.54, 1.807) is 19.9 Å². The number of halogens is 1. The first-order chi connectivity index (χ1) is 12.9. The van der Waals surface area contributed by atoms with Gasteiger partial charge in [0.15, 0.2) is 5.65 Å². The van der Waals surface area contributed by atoms with Gasteiger partial charge in [0.05, 0.1) is 11.4 Å². The van der Waals surface area contributed by atoms with E-state index in [-0.39, 0.29) is 11.6 Å². The van der Waals surface area contributed by atoms with Gasteiger partial charge < -0.3 is 10.0 Å². The molecule has 0 saturated carbocycles. The zero-order valence-electron chi connectivity index (χ0n) is 15.8. The van der Waals surface area contributed by atoms with E-state index < -0.39 is 0 Å². The van der Waals surface area contributed by atoms with Gasteiger partial charge in [-0.15, -0.1) is 0 Å². The molecule has 2 aromatic heterocycles. The lowest BCUT2D eigenvalue weighted by Crippen LogP contribution is -2.31. The van der Waals surface area contributed by atoms with Gasteiger partial charge in [0.2, 0.25) is 0 Å². The summed E-state index contributed by atoms with van der Waals surface area (Å²) in [5.74, 6) is 0.0455. The first-order valence-corrected chi connectivity index (χ1v) is 9.25. The topological polar surface area (TPSA) is 62.1 Å². The van der Waals surface area contributed by atoms with E-state index in [0.29, 0.717) is 39.5 Å². The maximum atomic E-state index is 14.3. The summed E-state index contributed by atoms with van der Waals surface area (Å²) in [6.45, 7) is 5.36. The molecular weight excluding hydrogens is 343 g/mol. The highest BCUT2D eigenvalue weighted by Crippen LogP contribution is 2.35. The molecule has 1 saturated heterocycles. The van der Waals surface area contributed by atoms with Gasteiger partial charge in [-0.1, -0.05) is 0 Å². The van der Waals surface area contributed by atoms with Gasteiger partial charge in [-0.2, -0.15) is 0 Å². The van der Waals surface area contributed by atoms with Gasteiger partial charge in [-0.05, 0) is 69.6 Å². The van der Waals surface area contributed by atoms with Crippen molar-refractivity contribution in [2.45, 2.75) is 32.6 Å². The number of aromatic hydroxyl groups is 1. The van der Waals surface area contributed by atoms with Crippen LogP contribution in [0.4, 0.5) is 4.39 Å². The second-order valence-electron chi connectivity index (χ2n) is 7.46. The number of rotatable bonds is 2. The molecule has 140 valence electrons. The molecule has 1 aliphatic rings. The molecule has 27 heavy (non-hydrogen) atoms. The minimum absolute atomic E-state index is 0.0243. The Morgan fingerprint density at radius 1 is 1.22 bits per heavy atom. The van der Waals surface area contributed by atoms with E-state index >= 15 is 0 Å². The van der Waals surface area contributed by atoms with Crippen molar-refractivity contribution in [2.24, 2.45) is 0 Å². The fraction of sp³-hybridized carbons (Fsp3) is 0.381. The standard InChI is InChI=1S/C21H23FN4O/c1-12-9-18(27)19(13(2)20(12)22)15-6-7-16-21(24-15)25-17(10-23-16)14-5-4-8-26(3)11-14/h6-7,9-10,14,27H,4-5,8,11H2,1-3H3/t14-/m1/s1. The second kappa shape index (κ2) is 6.85. The van der Waals surface area contributed by atoms with Crippen LogP contribution in [-0.2, 0) is 0 Å². The van der Waals surface area contributed by atoms with E-state index in [2.05, 4.69) is 21.9 Å². The first kappa shape index (κ1) is 17.8. The Morgan fingerprint density at radius 3 is 2.81 bits per heavy atom. The number of phenolic OH excluding ortho intramolecular Hbond substituents is 1. The fourth-order valence-corrected chi connectivity index (χ4v) is 3.92. The van der Waals surface area contributed by atoms with Gasteiger partial charge in [0.1, 0.15) is 17.1 Å². The third-order valence-electron chi connectivity index (χ3n) is 5.38. The molecule has 0 bridgehead atoms. The van der Waals surface area contributed by atoms with Gasteiger partial charge in [-0.3, -0.25) is 4.98 Å². The largest absolute Gasteiger partial charge is 0.507 e. The van der Waals surface area contributed by atoms with Crippen molar-refractivity contribution in [2.75, 3.05) is 20.1 Å². The van der Waals surface area contributed by atoms with Crippen molar-refractivity contribution >= 4 is 11.2 Å². The molecule has 3 heterocycles. The third kappa shape index (κ3) is 3.25. The molecular formula is C21H23FN4O. The van der Waals surface area contributed by atoms with Gasteiger partial charge in [0, 0.05) is 24.2 Å². The summed E-state index contributed by atoms with van der Waals surface area (Å²) in [6.07, 6.45) is 4.07. The molecule has 0 amide bonds. The highest BCUT2D eigenvalue weighted by atomic mass is 19.1. The lowest BCUT2D eigenvalue weighted by molar-refractivity contribution is 0.248. The SMILES string of the molecule is Cc1cc(O)c(-c2ccc3ncc([C@@H]4CCCN(C)C4)nc3n2)c(C)c1F. The monoisotopic (exact) mass is 366 g/mol. The highest BCUT2D eigenvalue weighted by molar-refractivity contribution is 5.78. The zero-order chi connectivity index (χ0) is 19.1. The Morgan fingerprint density at radius 2 is 2.04 bits per heavy atom. The second-order valence-corrected chi connectivity index (χ2v) is 7.46. The first-order valence-electron chi connectivity index (χ1n) is 9.25. The lowest BCUT2D eigenvalue weighted by atomic mass is 9.95. The molecule has 1 aliphatic heterocycles. The van der Waals surface area contributed by atoms with Gasteiger partial charge in [-0.25, -0.2) is 14.4 Å². The Bertz CT molecular complexity index is 1020. The average Bonchev–Trinajstić information content (AvgIpc) is 2.65. The summed E-state index contributed by atoms with van der Waals surface area (Å²) >= 11 is 0. The number of pyridine rings is 1. The predicted molar refractivity (Wildman–Crippen MR) is 103 cm³/mol. The highest BCUT2D eigenvalue weighted by Gasteiger charge is 2.21. The number of aryl methyl sites for hydroxylation is 1. The molecule has 5 nitrogen and oxygen atoms in total. The summed E-state index contributed by atoms with van der Waals surface area (Å²) in [5.41, 5.74) is 3.87. The molecule has 3 aromatic rings. The van der Waals surface area contributed by atoms with E-state index in [0.717, 1.165) is 31.6 Å². The Labute approximate surface area is 157 Å². The molecule has 1 aromatic carbocycles. The van der Waals surface area contributed by atoms with Crippen LogP contribution >= 0.6 is 0 Å². The number of phenols is 1. The van der Waals surface area contributed by atoms with Gasteiger partial charge >= 0.3 is 0 Å². The predicted octanol–water partition coefficient (Wildman–Crippen LogP) is 3.96. The third-order valence-corrected chi connectivity index (χ3v) is 5.38. The van der Waals surface area contributed by atoms with Crippen LogP contribution in [0.3, 0.4) is 0 Å². The van der Waals surface area contributed by atoms with Crippen LogP contribution in [0.25, 0.3) is 22.4 Å². The van der Waals surface area contributed by atoms with Gasteiger partial charge in [0.25, 0.3) is 0 Å². The normalized spacial score (nSPS) is 18.1. The Kier molecular flexibility index (Phi) is 4.52. The summed E-state index contributed by atoms with van der Waals surface area (Å²) in [5, 5.41) is 10.4. The van der Waals surface area contributed by atoms with Crippen LogP contribution in [0.5, 0.6) is 5.75 Å². The Hall–Kier alpha value is -2.60. The fourth-order valence-electron chi connectivity index (χ4n) is 3.92. The van der Waals surface area contributed by atoms with Crippen LogP contribution < -0.4 is 0 Å². The molecule has 1 N–H and O–H groups in total. The number of hydrogen-bond donors (Lipinski definition) is 1. The number of likely N-dealkylation sites (tertiary alicyclic amines) is 1. The maximum Gasteiger partial charge on any atom is 0.179 e. The van der Waals surface area contributed by atoms with E-state index in [9.17, 15) is 9.50 Å². The van der Waals surface area contributed by atoms with Crippen LogP contribution in [0, 0.1) is 19.7 Å². The molecule has 0 spiro atoms. The molecule has 0 radical (unpaired) electrons. The molecule has 6 heteroatoms. The van der Waals surface area contributed by atoms with Crippen LogP contribution in [0.15, 0.2) is 24.4 Å². The number of benzene rings is 1. The van der Waals surface area contributed by atoms with E-state index in [1.165, 1.54) is 6.07 Å².